The summed E-state index contributed by atoms with van der Waals surface area (Å²) < 4.78 is 38.0. The number of aromatic hydroxyl groups is 1. The number of hydrogen-bond donors (Lipinski definition) is 3. The van der Waals surface area contributed by atoms with E-state index in [-0.39, 0.29) is 29.3 Å². The van der Waals surface area contributed by atoms with E-state index in [4.69, 9.17) is 0 Å². The lowest BCUT2D eigenvalue weighted by atomic mass is 10.0. The Bertz CT molecular complexity index is 1360. The third-order valence-corrected chi connectivity index (χ3v) is 5.03. The van der Waals surface area contributed by atoms with Gasteiger partial charge in [-0.1, -0.05) is 18.1 Å². The quantitative estimate of drug-likeness (QED) is 0.364. The molecule has 2 aromatic heterocycles. The van der Waals surface area contributed by atoms with Gasteiger partial charge in [0, 0.05) is 25.7 Å². The Hall–Kier alpha value is -3.59. The number of carbonyl (C=O) groups is 1. The van der Waals surface area contributed by atoms with E-state index in [0.717, 1.165) is 17.4 Å². The van der Waals surface area contributed by atoms with Crippen LogP contribution in [-0.2, 0) is 16.4 Å². The van der Waals surface area contributed by atoms with Crippen molar-refractivity contribution in [3.05, 3.63) is 64.9 Å². The maximum Gasteiger partial charge on any atom is 0.288 e. The van der Waals surface area contributed by atoms with Gasteiger partial charge in [-0.25, -0.2) is 27.5 Å². The third-order valence-electron chi connectivity index (χ3n) is 4.36. The highest BCUT2D eigenvalue weighted by atomic mass is 32.2. The molecule has 0 spiro atoms. The van der Waals surface area contributed by atoms with Crippen molar-refractivity contribution in [2.24, 2.45) is 0 Å². The molecule has 0 bridgehead atoms. The van der Waals surface area contributed by atoms with Gasteiger partial charge in [0.1, 0.15) is 17.0 Å². The van der Waals surface area contributed by atoms with Gasteiger partial charge in [-0.15, -0.1) is 0 Å². The lowest BCUT2D eigenvalue weighted by Gasteiger charge is -2.14. The lowest BCUT2D eigenvalue weighted by molar-refractivity contribution is 0.0848. The highest BCUT2D eigenvalue weighted by Crippen LogP contribution is 2.29. The summed E-state index contributed by atoms with van der Waals surface area (Å²) in [5, 5.41) is 12.4. The summed E-state index contributed by atoms with van der Waals surface area (Å²) in [4.78, 5) is 21.0. The van der Waals surface area contributed by atoms with E-state index in [1.165, 1.54) is 17.1 Å². The number of rotatable bonds is 6. The van der Waals surface area contributed by atoms with Gasteiger partial charge in [0.25, 0.3) is 5.91 Å². The molecule has 172 valence electrons. The molecule has 0 saturated carbocycles. The van der Waals surface area contributed by atoms with Gasteiger partial charge in [0.2, 0.25) is 10.0 Å². The molecule has 0 radical (unpaired) electrons. The van der Waals surface area contributed by atoms with Crippen molar-refractivity contribution in [2.45, 2.75) is 6.42 Å². The summed E-state index contributed by atoms with van der Waals surface area (Å²) in [5.41, 5.74) is 4.10. The van der Waals surface area contributed by atoms with Crippen LogP contribution in [0.25, 0.3) is 10.9 Å². The van der Waals surface area contributed by atoms with Crippen LogP contribution < -0.4 is 10.1 Å². The van der Waals surface area contributed by atoms with E-state index >= 15 is 0 Å². The Morgan fingerprint density at radius 3 is 2.55 bits per heavy atom. The Balaban J connectivity index is 2.08. The van der Waals surface area contributed by atoms with Crippen molar-refractivity contribution in [3.8, 4) is 17.6 Å². The van der Waals surface area contributed by atoms with E-state index in [1.807, 2.05) is 0 Å². The Morgan fingerprint density at radius 1 is 1.21 bits per heavy atom. The van der Waals surface area contributed by atoms with Crippen LogP contribution in [0.4, 0.5) is 4.39 Å². The fourth-order valence-electron chi connectivity index (χ4n) is 2.95. The predicted octanol–water partition coefficient (Wildman–Crippen LogP) is 1.17. The van der Waals surface area contributed by atoms with Crippen molar-refractivity contribution in [3.63, 3.8) is 0 Å². The molecule has 3 rings (SSSR count). The predicted molar refractivity (Wildman–Crippen MR) is 121 cm³/mol. The number of nitrogens with one attached hydrogen (secondary N) is 2. The number of sulfonamides is 1. The molecule has 11 heteroatoms. The molecule has 0 unspecified atom stereocenters. The number of hydrogen-bond acceptors (Lipinski definition) is 7. The first kappa shape index (κ1) is 24.1. The zero-order valence-electron chi connectivity index (χ0n) is 18.2. The highest BCUT2D eigenvalue weighted by Gasteiger charge is 2.20. The number of carbonyl (C=O) groups excluding carboxylic acids is 1. The van der Waals surface area contributed by atoms with Crippen LogP contribution in [-0.4, -0.2) is 61.3 Å². The SMILES string of the molecule is CN(C)NC(=O)c1nc(C#CCNS(C)(=O)=O)c2cc(Cc3ccc(F)cc3)cnc2c1O. The summed E-state index contributed by atoms with van der Waals surface area (Å²) in [6.07, 6.45) is 3.00. The lowest BCUT2D eigenvalue weighted by Crippen LogP contribution is -2.36. The summed E-state index contributed by atoms with van der Waals surface area (Å²) in [6, 6.07) is 7.75. The molecule has 0 aliphatic rings. The summed E-state index contributed by atoms with van der Waals surface area (Å²) in [5.74, 6) is 4.01. The topological polar surface area (TPSA) is 125 Å². The third kappa shape index (κ3) is 6.45. The minimum Gasteiger partial charge on any atom is -0.504 e. The molecule has 1 aromatic carbocycles. The van der Waals surface area contributed by atoms with Crippen molar-refractivity contribution in [1.82, 2.24) is 25.1 Å². The van der Waals surface area contributed by atoms with Crippen molar-refractivity contribution < 1.29 is 22.7 Å². The first-order valence-corrected chi connectivity index (χ1v) is 11.6. The van der Waals surface area contributed by atoms with Crippen LogP contribution in [0.3, 0.4) is 0 Å². The van der Waals surface area contributed by atoms with Crippen LogP contribution in [0.2, 0.25) is 0 Å². The fraction of sp³-hybridized carbons (Fsp3) is 0.227. The van der Waals surface area contributed by atoms with Gasteiger partial charge in [0.15, 0.2) is 11.4 Å². The normalized spacial score (nSPS) is 11.3. The van der Waals surface area contributed by atoms with E-state index < -0.39 is 21.7 Å². The van der Waals surface area contributed by atoms with Crippen LogP contribution in [0.15, 0.2) is 36.5 Å². The van der Waals surface area contributed by atoms with Crippen molar-refractivity contribution in [2.75, 3.05) is 26.9 Å². The van der Waals surface area contributed by atoms with Gasteiger partial charge in [-0.2, -0.15) is 0 Å². The smallest absolute Gasteiger partial charge is 0.288 e. The minimum atomic E-state index is -3.43. The van der Waals surface area contributed by atoms with E-state index in [2.05, 4.69) is 32.0 Å². The van der Waals surface area contributed by atoms with Gasteiger partial charge in [-0.3, -0.25) is 15.2 Å². The number of benzene rings is 1. The Morgan fingerprint density at radius 2 is 1.91 bits per heavy atom. The van der Waals surface area contributed by atoms with Gasteiger partial charge >= 0.3 is 0 Å². The maximum atomic E-state index is 13.2. The van der Waals surface area contributed by atoms with Crippen LogP contribution in [0.5, 0.6) is 5.75 Å². The Kier molecular flexibility index (Phi) is 7.23. The molecule has 0 atom stereocenters. The van der Waals surface area contributed by atoms with Crippen molar-refractivity contribution in [1.29, 1.82) is 0 Å². The van der Waals surface area contributed by atoms with E-state index in [0.29, 0.717) is 11.8 Å². The monoisotopic (exact) mass is 471 g/mol. The number of nitrogens with zero attached hydrogens (tertiary/aromatic N) is 3. The standard InChI is InChI=1S/C22H22FN5O4S/c1-28(2)27-22(30)20-21(29)19-17(18(26-20)5-4-10-25-33(3,31)32)12-15(13-24-19)11-14-6-8-16(23)9-7-14/h6-9,12-13,25,29H,10-11H2,1-3H3,(H,27,30). The first-order valence-electron chi connectivity index (χ1n) is 9.71. The average Bonchev–Trinajstić information content (AvgIpc) is 2.73. The van der Waals surface area contributed by atoms with Gasteiger partial charge in [-0.05, 0) is 41.7 Å². The number of halogens is 1. The molecule has 9 nitrogen and oxygen atoms in total. The van der Waals surface area contributed by atoms with Gasteiger partial charge in [0.05, 0.1) is 12.8 Å². The Labute approximate surface area is 190 Å². The number of amides is 1. The average molecular weight is 472 g/mol. The van der Waals surface area contributed by atoms with E-state index in [1.54, 1.807) is 38.5 Å². The molecular formula is C22H22FN5O4S. The molecule has 0 saturated heterocycles. The number of hydrazine groups is 1. The van der Waals surface area contributed by atoms with Crippen LogP contribution in [0, 0.1) is 17.7 Å². The zero-order valence-corrected chi connectivity index (χ0v) is 19.0. The molecular weight excluding hydrogens is 449 g/mol. The minimum absolute atomic E-state index is 0.122. The molecule has 0 fully saturated rings. The second-order valence-corrected chi connectivity index (χ2v) is 9.26. The van der Waals surface area contributed by atoms with Crippen molar-refractivity contribution >= 4 is 26.8 Å². The van der Waals surface area contributed by atoms with Crippen LogP contribution in [0.1, 0.15) is 27.3 Å². The zero-order chi connectivity index (χ0) is 24.2. The molecule has 0 aliphatic carbocycles. The highest BCUT2D eigenvalue weighted by molar-refractivity contribution is 7.88. The molecule has 3 aromatic rings. The first-order chi connectivity index (χ1) is 15.5. The van der Waals surface area contributed by atoms with Crippen LogP contribution >= 0.6 is 0 Å². The fourth-order valence-corrected chi connectivity index (χ4v) is 3.29. The van der Waals surface area contributed by atoms with Gasteiger partial charge < -0.3 is 5.11 Å². The number of fused-ring (bicyclic) bond motifs is 1. The second kappa shape index (κ2) is 9.91. The number of pyridine rings is 2. The largest absolute Gasteiger partial charge is 0.504 e. The van der Waals surface area contributed by atoms with E-state index in [9.17, 15) is 22.7 Å². The second-order valence-electron chi connectivity index (χ2n) is 7.43. The number of aromatic nitrogens is 2. The molecule has 3 N–H and O–H groups in total. The maximum absolute atomic E-state index is 13.2. The summed E-state index contributed by atoms with van der Waals surface area (Å²) in [6.45, 7) is -0.162. The molecule has 0 aliphatic heterocycles. The summed E-state index contributed by atoms with van der Waals surface area (Å²) in [7, 11) is -0.219. The molecule has 2 heterocycles. The summed E-state index contributed by atoms with van der Waals surface area (Å²) >= 11 is 0. The molecule has 1 amide bonds. The molecule has 33 heavy (non-hydrogen) atoms.